The van der Waals surface area contributed by atoms with Crippen LogP contribution in [0.4, 0.5) is 5.69 Å². The highest BCUT2D eigenvalue weighted by Gasteiger charge is 2.05. The van der Waals surface area contributed by atoms with E-state index < -0.39 is 0 Å². The Bertz CT molecular complexity index is 764. The summed E-state index contributed by atoms with van der Waals surface area (Å²) in [4.78, 5) is 4.49. The minimum Gasteiger partial charge on any atom is -0.378 e. The Kier molecular flexibility index (Phi) is 3.44. The van der Waals surface area contributed by atoms with Crippen LogP contribution in [0.5, 0.6) is 0 Å². The minimum atomic E-state index is 0.730. The molecule has 20 heavy (non-hydrogen) atoms. The summed E-state index contributed by atoms with van der Waals surface area (Å²) < 4.78 is 2.89. The molecular formula is C15H15BrN4. The fourth-order valence-electron chi connectivity index (χ4n) is 2.29. The smallest absolute Gasteiger partial charge is 0.0934 e. The van der Waals surface area contributed by atoms with E-state index in [9.17, 15) is 0 Å². The van der Waals surface area contributed by atoms with Gasteiger partial charge in [0.15, 0.2) is 0 Å². The van der Waals surface area contributed by atoms with Crippen LogP contribution in [0.25, 0.3) is 10.9 Å². The first-order chi connectivity index (χ1) is 9.63. The second kappa shape index (κ2) is 5.25. The molecule has 1 aromatic carbocycles. The van der Waals surface area contributed by atoms with Crippen LogP contribution in [0.1, 0.15) is 11.4 Å². The molecule has 0 aliphatic rings. The van der Waals surface area contributed by atoms with Gasteiger partial charge >= 0.3 is 0 Å². The van der Waals surface area contributed by atoms with Gasteiger partial charge in [-0.05, 0) is 41.1 Å². The summed E-state index contributed by atoms with van der Waals surface area (Å²) >= 11 is 3.45. The molecule has 0 spiro atoms. The second-order valence-electron chi connectivity index (χ2n) is 4.79. The van der Waals surface area contributed by atoms with E-state index in [1.165, 1.54) is 0 Å². The average molecular weight is 331 g/mol. The molecule has 0 atom stereocenters. The van der Waals surface area contributed by atoms with Gasteiger partial charge in [0, 0.05) is 23.1 Å². The number of rotatable bonds is 3. The normalized spacial score (nSPS) is 10.9. The lowest BCUT2D eigenvalue weighted by atomic mass is 10.2. The summed E-state index contributed by atoms with van der Waals surface area (Å²) in [5.41, 5.74) is 4.20. The standard InChI is InChI=1S/C15H15BrN4/c1-10-6-13(20(2)19-10)9-17-14-5-3-4-11-7-12(16)8-18-15(11)14/h3-8,17H,9H2,1-2H3. The third kappa shape index (κ3) is 2.54. The number of anilines is 1. The fourth-order valence-corrected chi connectivity index (χ4v) is 2.64. The molecule has 0 bridgehead atoms. The summed E-state index contributed by atoms with van der Waals surface area (Å²) in [5.74, 6) is 0. The number of halogens is 1. The van der Waals surface area contributed by atoms with Crippen molar-refractivity contribution < 1.29 is 0 Å². The van der Waals surface area contributed by atoms with Crippen LogP contribution in [-0.2, 0) is 13.6 Å². The largest absolute Gasteiger partial charge is 0.378 e. The average Bonchev–Trinajstić information content (AvgIpc) is 2.74. The van der Waals surface area contributed by atoms with Crippen molar-refractivity contribution in [2.75, 3.05) is 5.32 Å². The highest BCUT2D eigenvalue weighted by Crippen LogP contribution is 2.24. The van der Waals surface area contributed by atoms with E-state index in [1.54, 1.807) is 0 Å². The fraction of sp³-hybridized carbons (Fsp3) is 0.200. The Morgan fingerprint density at radius 3 is 2.90 bits per heavy atom. The van der Waals surface area contributed by atoms with Crippen molar-refractivity contribution in [1.82, 2.24) is 14.8 Å². The monoisotopic (exact) mass is 330 g/mol. The number of hydrogen-bond acceptors (Lipinski definition) is 3. The van der Waals surface area contributed by atoms with E-state index in [-0.39, 0.29) is 0 Å². The Hall–Kier alpha value is -1.88. The molecule has 0 aliphatic carbocycles. The third-order valence-electron chi connectivity index (χ3n) is 3.24. The Morgan fingerprint density at radius 1 is 1.30 bits per heavy atom. The molecule has 3 aromatic rings. The first-order valence-corrected chi connectivity index (χ1v) is 7.20. The van der Waals surface area contributed by atoms with Crippen LogP contribution in [0.2, 0.25) is 0 Å². The van der Waals surface area contributed by atoms with Crippen molar-refractivity contribution in [1.29, 1.82) is 0 Å². The zero-order valence-corrected chi connectivity index (χ0v) is 13.0. The van der Waals surface area contributed by atoms with Crippen molar-refractivity contribution in [3.8, 4) is 0 Å². The van der Waals surface area contributed by atoms with Crippen molar-refractivity contribution in [2.24, 2.45) is 7.05 Å². The molecule has 0 radical (unpaired) electrons. The van der Waals surface area contributed by atoms with E-state index in [0.717, 1.165) is 39.0 Å². The highest BCUT2D eigenvalue weighted by atomic mass is 79.9. The number of benzene rings is 1. The van der Waals surface area contributed by atoms with Crippen molar-refractivity contribution in [3.63, 3.8) is 0 Å². The molecule has 0 amide bonds. The number of fused-ring (bicyclic) bond motifs is 1. The summed E-state index contributed by atoms with van der Waals surface area (Å²) in [7, 11) is 1.96. The van der Waals surface area contributed by atoms with Crippen molar-refractivity contribution in [3.05, 3.63) is 52.4 Å². The molecule has 0 fully saturated rings. The SMILES string of the molecule is Cc1cc(CNc2cccc3cc(Br)cnc23)n(C)n1. The van der Waals surface area contributed by atoms with Crippen LogP contribution >= 0.6 is 15.9 Å². The zero-order chi connectivity index (χ0) is 14.1. The topological polar surface area (TPSA) is 42.7 Å². The number of hydrogen-bond donors (Lipinski definition) is 1. The molecule has 4 nitrogen and oxygen atoms in total. The molecule has 2 aromatic heterocycles. The summed E-state index contributed by atoms with van der Waals surface area (Å²) in [6.45, 7) is 2.73. The van der Waals surface area contributed by atoms with Gasteiger partial charge in [-0.25, -0.2) is 0 Å². The first kappa shape index (κ1) is 13.1. The van der Waals surface area contributed by atoms with E-state index in [1.807, 2.05) is 37.0 Å². The number of aromatic nitrogens is 3. The number of aryl methyl sites for hydroxylation is 2. The summed E-state index contributed by atoms with van der Waals surface area (Å²) in [6, 6.07) is 10.3. The highest BCUT2D eigenvalue weighted by molar-refractivity contribution is 9.10. The van der Waals surface area contributed by atoms with Gasteiger partial charge < -0.3 is 5.32 Å². The first-order valence-electron chi connectivity index (χ1n) is 6.41. The maximum Gasteiger partial charge on any atom is 0.0934 e. The number of nitrogens with zero attached hydrogens (tertiary/aromatic N) is 3. The molecule has 1 N–H and O–H groups in total. The van der Waals surface area contributed by atoms with Gasteiger partial charge in [-0.2, -0.15) is 5.10 Å². The lowest BCUT2D eigenvalue weighted by molar-refractivity contribution is 0.713. The molecule has 3 rings (SSSR count). The maximum absolute atomic E-state index is 4.49. The predicted octanol–water partition coefficient (Wildman–Crippen LogP) is 3.65. The molecule has 0 aliphatic heterocycles. The van der Waals surface area contributed by atoms with Gasteiger partial charge in [0.1, 0.15) is 0 Å². The lowest BCUT2D eigenvalue weighted by Crippen LogP contribution is -2.05. The number of pyridine rings is 1. The van der Waals surface area contributed by atoms with Gasteiger partial charge in [-0.1, -0.05) is 12.1 Å². The summed E-state index contributed by atoms with van der Waals surface area (Å²) in [5, 5.41) is 8.91. The molecule has 102 valence electrons. The number of nitrogens with one attached hydrogen (secondary N) is 1. The Morgan fingerprint density at radius 2 is 2.15 bits per heavy atom. The molecule has 5 heteroatoms. The maximum atomic E-state index is 4.49. The third-order valence-corrected chi connectivity index (χ3v) is 3.67. The zero-order valence-electron chi connectivity index (χ0n) is 11.4. The van der Waals surface area contributed by atoms with E-state index >= 15 is 0 Å². The lowest BCUT2D eigenvalue weighted by Gasteiger charge is -2.09. The van der Waals surface area contributed by atoms with E-state index in [2.05, 4.69) is 49.5 Å². The van der Waals surface area contributed by atoms with Gasteiger partial charge in [0.25, 0.3) is 0 Å². The molecule has 2 heterocycles. The van der Waals surface area contributed by atoms with E-state index in [0.29, 0.717) is 0 Å². The second-order valence-corrected chi connectivity index (χ2v) is 5.70. The van der Waals surface area contributed by atoms with Crippen molar-refractivity contribution >= 4 is 32.5 Å². The molecule has 0 saturated heterocycles. The molecule has 0 unspecified atom stereocenters. The van der Waals surface area contributed by atoms with Gasteiger partial charge in [0.2, 0.25) is 0 Å². The Balaban J connectivity index is 1.89. The Labute approximate surface area is 126 Å². The van der Waals surface area contributed by atoms with Crippen LogP contribution in [-0.4, -0.2) is 14.8 Å². The number of para-hydroxylation sites is 1. The molecule has 0 saturated carbocycles. The van der Waals surface area contributed by atoms with Gasteiger partial charge in [-0.15, -0.1) is 0 Å². The van der Waals surface area contributed by atoms with Crippen LogP contribution in [0.15, 0.2) is 41.0 Å². The molecular weight excluding hydrogens is 316 g/mol. The predicted molar refractivity (Wildman–Crippen MR) is 84.7 cm³/mol. The quantitative estimate of drug-likeness (QED) is 0.797. The van der Waals surface area contributed by atoms with Gasteiger partial charge in [0.05, 0.1) is 29.1 Å². The van der Waals surface area contributed by atoms with Crippen LogP contribution in [0, 0.1) is 6.92 Å². The minimum absolute atomic E-state index is 0.730. The van der Waals surface area contributed by atoms with E-state index in [4.69, 9.17) is 0 Å². The van der Waals surface area contributed by atoms with Gasteiger partial charge in [-0.3, -0.25) is 9.67 Å². The van der Waals surface area contributed by atoms with Crippen molar-refractivity contribution in [2.45, 2.75) is 13.5 Å². The summed E-state index contributed by atoms with van der Waals surface area (Å²) in [6.07, 6.45) is 1.82. The van der Waals surface area contributed by atoms with Crippen LogP contribution in [0.3, 0.4) is 0 Å². The van der Waals surface area contributed by atoms with Crippen LogP contribution < -0.4 is 5.32 Å².